The third kappa shape index (κ3) is 8.90. The Morgan fingerprint density at radius 2 is 1.71 bits per heavy atom. The van der Waals surface area contributed by atoms with Crippen LogP contribution in [0.25, 0.3) is 6.08 Å². The van der Waals surface area contributed by atoms with E-state index in [9.17, 15) is 14.7 Å². The molecule has 0 unspecified atom stereocenters. The standard InChI is InChI=1S/C31H49N5O5/c1-22-6-8-27(37)19-29(38)41-30(23(2)7-9-28(22)40-31(39)35-16-14-34(5)15-17-35)24(3)18-25-20-32-36(21-25)26-10-12-33(4)13-11-26/h7,9,18,20-23,26-28,30,37H,6,8,10-17,19H2,1-5H3/b9-7-,24-18+/t22-,23-,27+,28-,30-/m0/s1. The highest BCUT2D eigenvalue weighted by molar-refractivity contribution is 5.71. The molecule has 3 aliphatic heterocycles. The number of piperazine rings is 1. The number of hydrogen-bond donors (Lipinski definition) is 1. The van der Waals surface area contributed by atoms with Crippen molar-refractivity contribution in [1.82, 2.24) is 24.5 Å². The Balaban J connectivity index is 1.50. The van der Waals surface area contributed by atoms with E-state index in [-0.39, 0.29) is 24.3 Å². The first-order chi connectivity index (χ1) is 19.6. The largest absolute Gasteiger partial charge is 0.457 e. The Bertz CT molecular complexity index is 1070. The van der Waals surface area contributed by atoms with Gasteiger partial charge in [-0.3, -0.25) is 9.48 Å². The summed E-state index contributed by atoms with van der Waals surface area (Å²) >= 11 is 0. The number of aromatic nitrogens is 2. The maximum Gasteiger partial charge on any atom is 0.410 e. The summed E-state index contributed by atoms with van der Waals surface area (Å²) in [6, 6.07) is 0.392. The van der Waals surface area contributed by atoms with E-state index in [1.54, 1.807) is 4.90 Å². The van der Waals surface area contributed by atoms with Gasteiger partial charge in [0.15, 0.2) is 0 Å². The second-order valence-electron chi connectivity index (χ2n) is 12.4. The summed E-state index contributed by atoms with van der Waals surface area (Å²) in [7, 11) is 4.20. The van der Waals surface area contributed by atoms with Crippen LogP contribution in [0.4, 0.5) is 4.79 Å². The smallest absolute Gasteiger partial charge is 0.410 e. The summed E-state index contributed by atoms with van der Waals surface area (Å²) in [5.41, 5.74) is 1.86. The van der Waals surface area contributed by atoms with Crippen LogP contribution in [0.15, 0.2) is 30.1 Å². The van der Waals surface area contributed by atoms with Gasteiger partial charge in [-0.1, -0.05) is 19.9 Å². The lowest BCUT2D eigenvalue weighted by molar-refractivity contribution is -0.151. The number of aliphatic hydroxyl groups is 1. The molecule has 10 nitrogen and oxygen atoms in total. The number of esters is 1. The number of ether oxygens (including phenoxy) is 2. The molecule has 3 aliphatic rings. The fourth-order valence-corrected chi connectivity index (χ4v) is 5.86. The van der Waals surface area contributed by atoms with Gasteiger partial charge >= 0.3 is 12.1 Å². The molecule has 4 heterocycles. The number of nitrogens with zero attached hydrogens (tertiary/aromatic N) is 5. The lowest BCUT2D eigenvalue weighted by Gasteiger charge is -2.33. The number of carbonyl (C=O) groups is 2. The van der Waals surface area contributed by atoms with Gasteiger partial charge in [0.1, 0.15) is 12.2 Å². The van der Waals surface area contributed by atoms with Crippen LogP contribution in [0.5, 0.6) is 0 Å². The van der Waals surface area contributed by atoms with E-state index >= 15 is 0 Å². The van der Waals surface area contributed by atoms with Gasteiger partial charge in [-0.25, -0.2) is 4.79 Å². The second-order valence-corrected chi connectivity index (χ2v) is 12.4. The third-order valence-electron chi connectivity index (χ3n) is 8.78. The normalized spacial score (nSPS) is 31.2. The molecule has 0 aromatic carbocycles. The fourth-order valence-electron chi connectivity index (χ4n) is 5.86. The van der Waals surface area contributed by atoms with Crippen LogP contribution in [0, 0.1) is 11.8 Å². The summed E-state index contributed by atoms with van der Waals surface area (Å²) in [6.45, 7) is 11.0. The van der Waals surface area contributed by atoms with E-state index in [4.69, 9.17) is 9.47 Å². The third-order valence-corrected chi connectivity index (χ3v) is 8.78. The molecule has 1 aromatic heterocycles. The zero-order valence-electron chi connectivity index (χ0n) is 25.4. The first-order valence-corrected chi connectivity index (χ1v) is 15.2. The SMILES string of the molecule is C/C(=C\c1cnn(C2CCN(C)CC2)c1)[C@H]1OC(=O)C[C@H](O)CC[C@H](C)[C@@H](OC(=O)N2CCN(C)CC2)/C=C\[C@@H]1C. The molecular formula is C31H49N5O5. The van der Waals surface area contributed by atoms with Gasteiger partial charge in [0.05, 0.1) is 24.8 Å². The molecule has 10 heteroatoms. The number of rotatable bonds is 4. The minimum absolute atomic E-state index is 0.0135. The van der Waals surface area contributed by atoms with Gasteiger partial charge in [-0.05, 0) is 83.4 Å². The van der Waals surface area contributed by atoms with Crippen molar-refractivity contribution < 1.29 is 24.2 Å². The number of piperidine rings is 1. The van der Waals surface area contributed by atoms with E-state index in [1.807, 2.05) is 52.2 Å². The molecule has 0 bridgehead atoms. The number of carbonyl (C=O) groups excluding carboxylic acids is 2. The zero-order chi connectivity index (χ0) is 29.5. The molecule has 5 atom stereocenters. The highest BCUT2D eigenvalue weighted by Crippen LogP contribution is 2.27. The highest BCUT2D eigenvalue weighted by Gasteiger charge is 2.29. The van der Waals surface area contributed by atoms with Crippen molar-refractivity contribution in [3.8, 4) is 0 Å². The lowest BCUT2D eigenvalue weighted by atomic mass is 9.92. The monoisotopic (exact) mass is 571 g/mol. The fraction of sp³-hybridized carbons (Fsp3) is 0.710. The molecule has 1 aromatic rings. The van der Waals surface area contributed by atoms with Crippen molar-refractivity contribution in [2.24, 2.45) is 11.8 Å². The molecule has 1 amide bonds. The Hall–Kier alpha value is -2.69. The Labute approximate surface area is 244 Å². The molecule has 0 radical (unpaired) electrons. The lowest BCUT2D eigenvalue weighted by Crippen LogP contribution is -2.48. The van der Waals surface area contributed by atoms with E-state index in [2.05, 4.69) is 32.8 Å². The Kier molecular flexibility index (Phi) is 11.0. The van der Waals surface area contributed by atoms with Crippen molar-refractivity contribution >= 4 is 18.1 Å². The van der Waals surface area contributed by atoms with Crippen LogP contribution < -0.4 is 0 Å². The minimum Gasteiger partial charge on any atom is -0.457 e. The summed E-state index contributed by atoms with van der Waals surface area (Å²) in [4.78, 5) is 32.1. The van der Waals surface area contributed by atoms with Gasteiger partial charge in [0.2, 0.25) is 0 Å². The van der Waals surface area contributed by atoms with E-state index in [0.717, 1.165) is 50.2 Å². The predicted octanol–water partition coefficient (Wildman–Crippen LogP) is 3.59. The molecule has 4 rings (SSSR count). The Morgan fingerprint density at radius 1 is 1.02 bits per heavy atom. The summed E-state index contributed by atoms with van der Waals surface area (Å²) in [5, 5.41) is 15.2. The summed E-state index contributed by atoms with van der Waals surface area (Å²) < 4.78 is 14.0. The van der Waals surface area contributed by atoms with Crippen LogP contribution in [0.3, 0.4) is 0 Å². The maximum atomic E-state index is 13.0. The molecule has 1 N–H and O–H groups in total. The van der Waals surface area contributed by atoms with Crippen molar-refractivity contribution in [2.75, 3.05) is 53.4 Å². The minimum atomic E-state index is -0.810. The zero-order valence-corrected chi connectivity index (χ0v) is 25.4. The number of hydrogen-bond acceptors (Lipinski definition) is 8. The van der Waals surface area contributed by atoms with Crippen LogP contribution >= 0.6 is 0 Å². The average molecular weight is 572 g/mol. The van der Waals surface area contributed by atoms with Crippen molar-refractivity contribution in [3.63, 3.8) is 0 Å². The van der Waals surface area contributed by atoms with Gasteiger partial charge < -0.3 is 29.3 Å². The number of aliphatic hydroxyl groups excluding tert-OH is 1. The Morgan fingerprint density at radius 3 is 2.41 bits per heavy atom. The van der Waals surface area contributed by atoms with E-state index in [1.165, 1.54) is 0 Å². The number of likely N-dealkylation sites (N-methyl/N-ethyl adjacent to an activating group) is 1. The molecule has 2 fully saturated rings. The van der Waals surface area contributed by atoms with Gasteiger partial charge in [0, 0.05) is 43.9 Å². The molecule has 41 heavy (non-hydrogen) atoms. The van der Waals surface area contributed by atoms with Crippen LogP contribution in [0.1, 0.15) is 64.5 Å². The second kappa shape index (κ2) is 14.5. The maximum absolute atomic E-state index is 13.0. The van der Waals surface area contributed by atoms with Crippen molar-refractivity contribution in [3.05, 3.63) is 35.7 Å². The quantitative estimate of drug-likeness (QED) is 0.432. The molecular weight excluding hydrogens is 522 g/mol. The molecule has 2 saturated heterocycles. The van der Waals surface area contributed by atoms with Gasteiger partial charge in [0.25, 0.3) is 0 Å². The number of cyclic esters (lactones) is 1. The van der Waals surface area contributed by atoms with Crippen molar-refractivity contribution in [1.29, 1.82) is 0 Å². The predicted molar refractivity (Wildman–Crippen MR) is 158 cm³/mol. The molecule has 228 valence electrons. The highest BCUT2D eigenvalue weighted by atomic mass is 16.6. The van der Waals surface area contributed by atoms with Crippen LogP contribution in [-0.4, -0.2) is 113 Å². The molecule has 0 saturated carbocycles. The number of likely N-dealkylation sites (tertiary alicyclic amines) is 1. The average Bonchev–Trinajstić information content (AvgIpc) is 3.40. The van der Waals surface area contributed by atoms with E-state index in [0.29, 0.717) is 32.0 Å². The van der Waals surface area contributed by atoms with Crippen LogP contribution in [0.2, 0.25) is 0 Å². The van der Waals surface area contributed by atoms with E-state index < -0.39 is 24.3 Å². The van der Waals surface area contributed by atoms with Gasteiger partial charge in [-0.15, -0.1) is 0 Å². The first-order valence-electron chi connectivity index (χ1n) is 15.2. The first kappa shape index (κ1) is 31.3. The summed E-state index contributed by atoms with van der Waals surface area (Å²) in [5.74, 6) is -0.600. The molecule has 0 spiro atoms. The topological polar surface area (TPSA) is 100 Å². The van der Waals surface area contributed by atoms with Gasteiger partial charge in [-0.2, -0.15) is 5.10 Å². The molecule has 0 aliphatic carbocycles. The van der Waals surface area contributed by atoms with Crippen molar-refractivity contribution in [2.45, 2.75) is 77.2 Å². The van der Waals surface area contributed by atoms with Crippen LogP contribution in [-0.2, 0) is 14.3 Å². The summed E-state index contributed by atoms with van der Waals surface area (Å²) in [6.07, 6.45) is 10.9. The number of amides is 1.